The zero-order chi connectivity index (χ0) is 15.2. The molecule has 0 spiro atoms. The number of hydrogen-bond donors (Lipinski definition) is 0. The van der Waals surface area contributed by atoms with E-state index in [2.05, 4.69) is 59.3 Å². The predicted molar refractivity (Wildman–Crippen MR) is 90.1 cm³/mol. The molecule has 1 fully saturated rings. The van der Waals surface area contributed by atoms with Crippen LogP contribution in [0.25, 0.3) is 11.1 Å². The van der Waals surface area contributed by atoms with E-state index in [1.165, 1.54) is 11.1 Å². The number of hydrogen-bond acceptors (Lipinski definition) is 3. The topological polar surface area (TPSA) is 15.7 Å². The van der Waals surface area contributed by atoms with Gasteiger partial charge >= 0.3 is 0 Å². The van der Waals surface area contributed by atoms with E-state index >= 15 is 0 Å². The molecule has 0 aliphatic carbocycles. The van der Waals surface area contributed by atoms with E-state index in [1.807, 2.05) is 12.1 Å². The van der Waals surface area contributed by atoms with Crippen molar-refractivity contribution in [3.63, 3.8) is 0 Å². The Morgan fingerprint density at radius 3 is 2.55 bits per heavy atom. The third-order valence-corrected chi connectivity index (χ3v) is 4.14. The van der Waals surface area contributed by atoms with E-state index in [0.717, 1.165) is 45.1 Å². The van der Waals surface area contributed by atoms with Gasteiger partial charge in [0, 0.05) is 38.8 Å². The summed E-state index contributed by atoms with van der Waals surface area (Å²) < 4.78 is 5.89. The normalized spacial score (nSPS) is 16.6. The molecule has 1 aliphatic rings. The van der Waals surface area contributed by atoms with Crippen molar-refractivity contribution in [2.75, 3.05) is 46.4 Å². The van der Waals surface area contributed by atoms with E-state index < -0.39 is 0 Å². The molecule has 0 amide bonds. The molecule has 115 valence electrons. The zero-order valence-electron chi connectivity index (χ0n) is 13.2. The molecule has 2 aromatic carbocycles. The maximum absolute atomic E-state index is 5.89. The highest BCUT2D eigenvalue weighted by Crippen LogP contribution is 2.23. The molecule has 3 heteroatoms. The molecule has 22 heavy (non-hydrogen) atoms. The molecule has 1 heterocycles. The molecule has 2 aromatic rings. The van der Waals surface area contributed by atoms with Gasteiger partial charge in [-0.05, 0) is 30.3 Å². The Morgan fingerprint density at radius 2 is 1.77 bits per heavy atom. The van der Waals surface area contributed by atoms with Crippen LogP contribution in [0.2, 0.25) is 0 Å². The van der Waals surface area contributed by atoms with Gasteiger partial charge in [-0.2, -0.15) is 0 Å². The van der Waals surface area contributed by atoms with Crippen molar-refractivity contribution in [1.82, 2.24) is 9.80 Å². The number of ether oxygens (including phenoxy) is 1. The summed E-state index contributed by atoms with van der Waals surface area (Å²) in [7, 11) is 2.18. The standard InChI is InChI=1S/C19H23N2O/c1-20-10-12-21(13-11-20)14-15-22-19-9-5-8-18(16-19)17-6-3-2-4-7-17/h2-8,16H,10-15H2,1H3. The second-order valence-corrected chi connectivity index (χ2v) is 5.80. The fraction of sp³-hybridized carbons (Fsp3) is 0.368. The lowest BCUT2D eigenvalue weighted by Gasteiger charge is -2.32. The van der Waals surface area contributed by atoms with Gasteiger partial charge in [-0.1, -0.05) is 36.4 Å². The molecule has 1 radical (unpaired) electrons. The smallest absolute Gasteiger partial charge is 0.127 e. The summed E-state index contributed by atoms with van der Waals surface area (Å²) in [5.41, 5.74) is 2.38. The lowest BCUT2D eigenvalue weighted by atomic mass is 10.1. The number of piperazine rings is 1. The van der Waals surface area contributed by atoms with Crippen molar-refractivity contribution in [3.8, 4) is 16.9 Å². The first-order chi connectivity index (χ1) is 10.8. The summed E-state index contributed by atoms with van der Waals surface area (Å²) in [6.45, 7) is 6.27. The summed E-state index contributed by atoms with van der Waals surface area (Å²) in [6.07, 6.45) is 0. The van der Waals surface area contributed by atoms with Crippen molar-refractivity contribution in [2.45, 2.75) is 0 Å². The van der Waals surface area contributed by atoms with Crippen LogP contribution in [0.5, 0.6) is 5.75 Å². The van der Waals surface area contributed by atoms with Crippen LogP contribution >= 0.6 is 0 Å². The van der Waals surface area contributed by atoms with Crippen LogP contribution in [0.1, 0.15) is 0 Å². The minimum absolute atomic E-state index is 0.721. The molecule has 0 bridgehead atoms. The van der Waals surface area contributed by atoms with Crippen LogP contribution in [0.15, 0.2) is 48.5 Å². The first-order valence-corrected chi connectivity index (χ1v) is 7.92. The third-order valence-electron chi connectivity index (χ3n) is 4.14. The lowest BCUT2D eigenvalue weighted by molar-refractivity contribution is 0.133. The summed E-state index contributed by atoms with van der Waals surface area (Å²) in [5, 5.41) is 0. The van der Waals surface area contributed by atoms with Crippen molar-refractivity contribution in [1.29, 1.82) is 0 Å². The van der Waals surface area contributed by atoms with Crippen molar-refractivity contribution >= 4 is 0 Å². The summed E-state index contributed by atoms with van der Waals surface area (Å²) >= 11 is 0. The molecule has 1 saturated heterocycles. The van der Waals surface area contributed by atoms with Gasteiger partial charge < -0.3 is 9.64 Å². The van der Waals surface area contributed by atoms with Crippen LogP contribution in [0.4, 0.5) is 0 Å². The molecule has 0 saturated carbocycles. The number of likely N-dealkylation sites (N-methyl/N-ethyl adjacent to an activating group) is 1. The van der Waals surface area contributed by atoms with E-state index in [0.29, 0.717) is 0 Å². The monoisotopic (exact) mass is 295 g/mol. The van der Waals surface area contributed by atoms with Gasteiger partial charge in [0.2, 0.25) is 0 Å². The van der Waals surface area contributed by atoms with Crippen molar-refractivity contribution in [2.24, 2.45) is 0 Å². The Morgan fingerprint density at radius 1 is 1.00 bits per heavy atom. The van der Waals surface area contributed by atoms with Crippen molar-refractivity contribution in [3.05, 3.63) is 54.6 Å². The van der Waals surface area contributed by atoms with Gasteiger partial charge in [-0.15, -0.1) is 0 Å². The molecule has 3 rings (SSSR count). The Bertz CT molecular complexity index is 577. The molecule has 0 atom stereocenters. The van der Waals surface area contributed by atoms with Crippen LogP contribution in [-0.2, 0) is 0 Å². The Labute approximate surface area is 133 Å². The van der Waals surface area contributed by atoms with Gasteiger partial charge in [-0.25, -0.2) is 0 Å². The Kier molecular flexibility index (Phi) is 5.09. The zero-order valence-corrected chi connectivity index (χ0v) is 13.2. The SMILES string of the molecule is CN1CCN(CCOc2[c]ccc(-c3ccccc3)c2)CC1. The van der Waals surface area contributed by atoms with E-state index in [4.69, 9.17) is 4.74 Å². The summed E-state index contributed by atoms with van der Waals surface area (Å²) in [4.78, 5) is 4.83. The minimum Gasteiger partial charge on any atom is -0.492 e. The number of benzene rings is 2. The van der Waals surface area contributed by atoms with Crippen LogP contribution in [0, 0.1) is 6.07 Å². The van der Waals surface area contributed by atoms with Crippen LogP contribution in [-0.4, -0.2) is 56.2 Å². The van der Waals surface area contributed by atoms with E-state index in [9.17, 15) is 0 Å². The second-order valence-electron chi connectivity index (χ2n) is 5.80. The molecular formula is C19H23N2O. The third kappa shape index (κ3) is 4.09. The highest BCUT2D eigenvalue weighted by Gasteiger charge is 2.13. The Hall–Kier alpha value is -1.84. The van der Waals surface area contributed by atoms with Gasteiger partial charge in [0.25, 0.3) is 0 Å². The van der Waals surface area contributed by atoms with Gasteiger partial charge in [0.15, 0.2) is 0 Å². The maximum Gasteiger partial charge on any atom is 0.127 e. The minimum atomic E-state index is 0.721. The highest BCUT2D eigenvalue weighted by atomic mass is 16.5. The highest BCUT2D eigenvalue weighted by molar-refractivity contribution is 5.64. The fourth-order valence-electron chi connectivity index (χ4n) is 2.69. The van der Waals surface area contributed by atoms with Gasteiger partial charge in [-0.3, -0.25) is 4.90 Å². The van der Waals surface area contributed by atoms with Gasteiger partial charge in [0.05, 0.1) is 0 Å². The fourth-order valence-corrected chi connectivity index (χ4v) is 2.69. The van der Waals surface area contributed by atoms with Crippen LogP contribution < -0.4 is 4.74 Å². The van der Waals surface area contributed by atoms with Gasteiger partial charge in [0.1, 0.15) is 12.4 Å². The average Bonchev–Trinajstić information content (AvgIpc) is 2.58. The number of rotatable bonds is 5. The second kappa shape index (κ2) is 7.43. The van der Waals surface area contributed by atoms with Crippen LogP contribution in [0.3, 0.4) is 0 Å². The first-order valence-electron chi connectivity index (χ1n) is 7.92. The molecule has 0 N–H and O–H groups in total. The molecule has 1 aliphatic heterocycles. The Balaban J connectivity index is 1.53. The molecule has 0 unspecified atom stereocenters. The molecule has 0 aromatic heterocycles. The quantitative estimate of drug-likeness (QED) is 0.843. The predicted octanol–water partition coefficient (Wildman–Crippen LogP) is 2.78. The average molecular weight is 295 g/mol. The number of nitrogens with zero attached hydrogens (tertiary/aromatic N) is 2. The molecular weight excluding hydrogens is 272 g/mol. The largest absolute Gasteiger partial charge is 0.492 e. The van der Waals surface area contributed by atoms with E-state index in [-0.39, 0.29) is 0 Å². The molecule has 3 nitrogen and oxygen atoms in total. The lowest BCUT2D eigenvalue weighted by Crippen LogP contribution is -2.45. The van der Waals surface area contributed by atoms with Crippen molar-refractivity contribution < 1.29 is 4.74 Å². The summed E-state index contributed by atoms with van der Waals surface area (Å²) in [5.74, 6) is 0.829. The first kappa shape index (κ1) is 15.1. The van der Waals surface area contributed by atoms with E-state index in [1.54, 1.807) is 0 Å². The summed E-state index contributed by atoms with van der Waals surface area (Å²) in [6, 6.07) is 19.6. The maximum atomic E-state index is 5.89.